The van der Waals surface area contributed by atoms with Gasteiger partial charge in [0.15, 0.2) is 9.84 Å². The highest BCUT2D eigenvalue weighted by molar-refractivity contribution is 7.90. The van der Waals surface area contributed by atoms with Crippen molar-refractivity contribution >= 4 is 26.6 Å². The Morgan fingerprint density at radius 3 is 2.29 bits per heavy atom. The van der Waals surface area contributed by atoms with Crippen LogP contribution in [0.3, 0.4) is 0 Å². The van der Waals surface area contributed by atoms with Crippen LogP contribution in [0.15, 0.2) is 95.9 Å². The van der Waals surface area contributed by atoms with Gasteiger partial charge in [0.2, 0.25) is 0 Å². The van der Waals surface area contributed by atoms with Crippen LogP contribution >= 0.6 is 0 Å². The fourth-order valence-corrected chi connectivity index (χ4v) is 4.73. The molecule has 0 aliphatic rings. The van der Waals surface area contributed by atoms with Crippen molar-refractivity contribution < 1.29 is 17.9 Å². The molecular formula is C26H22O4S. The number of carbonyl (C=O) groups is 1. The molecule has 4 aromatic carbocycles. The van der Waals surface area contributed by atoms with Crippen molar-refractivity contribution in [2.24, 2.45) is 0 Å². The zero-order chi connectivity index (χ0) is 21.8. The first-order valence-corrected chi connectivity index (χ1v) is 11.6. The molecule has 0 aliphatic carbocycles. The van der Waals surface area contributed by atoms with Gasteiger partial charge >= 0.3 is 5.97 Å². The fourth-order valence-electron chi connectivity index (χ4n) is 3.40. The second kappa shape index (κ2) is 8.74. The maximum Gasteiger partial charge on any atom is 0.338 e. The zero-order valence-corrected chi connectivity index (χ0v) is 17.9. The lowest BCUT2D eigenvalue weighted by Crippen LogP contribution is -2.08. The fraction of sp³-hybridized carbons (Fsp3) is 0.115. The predicted molar refractivity (Wildman–Crippen MR) is 122 cm³/mol. The zero-order valence-electron chi connectivity index (χ0n) is 17.1. The number of ether oxygens (including phenoxy) is 1. The maximum absolute atomic E-state index is 12.7. The number of rotatable bonds is 6. The van der Waals surface area contributed by atoms with Crippen molar-refractivity contribution in [2.45, 2.75) is 24.2 Å². The molecule has 0 heterocycles. The summed E-state index contributed by atoms with van der Waals surface area (Å²) < 4.78 is 30.8. The lowest BCUT2D eigenvalue weighted by atomic mass is 10.1. The first-order valence-electron chi connectivity index (χ1n) is 9.94. The van der Waals surface area contributed by atoms with Gasteiger partial charge in [-0.3, -0.25) is 0 Å². The normalized spacial score (nSPS) is 11.4. The third-order valence-corrected chi connectivity index (χ3v) is 6.79. The summed E-state index contributed by atoms with van der Waals surface area (Å²) in [7, 11) is -3.50. The van der Waals surface area contributed by atoms with Crippen LogP contribution in [0, 0.1) is 6.92 Å². The minimum absolute atomic E-state index is 0.148. The molecule has 0 bridgehead atoms. The van der Waals surface area contributed by atoms with Gasteiger partial charge in [-0.15, -0.1) is 0 Å². The molecule has 5 heteroatoms. The van der Waals surface area contributed by atoms with Crippen LogP contribution in [0.1, 0.15) is 27.0 Å². The Bertz CT molecular complexity index is 1340. The highest BCUT2D eigenvalue weighted by Crippen LogP contribution is 2.19. The third-order valence-electron chi connectivity index (χ3n) is 5.08. The third kappa shape index (κ3) is 5.01. The van der Waals surface area contributed by atoms with Gasteiger partial charge in [-0.1, -0.05) is 66.2 Å². The van der Waals surface area contributed by atoms with Crippen LogP contribution in [-0.4, -0.2) is 14.4 Å². The SMILES string of the molecule is Cc1ccc(S(=O)(=O)Cc2cccc(C(=O)OCc3ccc4ccccc4c3)c2)cc1. The number of sulfone groups is 1. The van der Waals surface area contributed by atoms with Gasteiger partial charge in [-0.25, -0.2) is 13.2 Å². The topological polar surface area (TPSA) is 60.4 Å². The number of benzene rings is 4. The smallest absolute Gasteiger partial charge is 0.338 e. The van der Waals surface area contributed by atoms with E-state index >= 15 is 0 Å². The molecule has 31 heavy (non-hydrogen) atoms. The first kappa shape index (κ1) is 20.8. The average molecular weight is 431 g/mol. The molecule has 0 amide bonds. The van der Waals surface area contributed by atoms with Crippen LogP contribution in [-0.2, 0) is 26.9 Å². The second-order valence-electron chi connectivity index (χ2n) is 7.53. The Morgan fingerprint density at radius 2 is 1.52 bits per heavy atom. The summed E-state index contributed by atoms with van der Waals surface area (Å²) in [6.45, 7) is 2.05. The van der Waals surface area contributed by atoms with Crippen LogP contribution in [0.4, 0.5) is 0 Å². The molecule has 0 aromatic heterocycles. The van der Waals surface area contributed by atoms with Crippen LogP contribution < -0.4 is 0 Å². The Kier molecular flexibility index (Phi) is 5.87. The number of hydrogen-bond donors (Lipinski definition) is 0. The summed E-state index contributed by atoms with van der Waals surface area (Å²) in [5.41, 5.74) is 2.76. The molecule has 0 unspecified atom stereocenters. The van der Waals surface area contributed by atoms with Gasteiger partial charge in [0.25, 0.3) is 0 Å². The van der Waals surface area contributed by atoms with Crippen molar-refractivity contribution in [1.29, 1.82) is 0 Å². The van der Waals surface area contributed by atoms with E-state index in [0.717, 1.165) is 21.9 Å². The molecule has 0 aliphatic heterocycles. The Hall–Kier alpha value is -3.44. The van der Waals surface area contributed by atoms with E-state index in [1.807, 2.05) is 49.4 Å². The summed E-state index contributed by atoms with van der Waals surface area (Å²) in [4.78, 5) is 12.8. The molecule has 0 atom stereocenters. The molecular weight excluding hydrogens is 408 g/mol. The molecule has 0 N–H and O–H groups in total. The standard InChI is InChI=1S/C26H22O4S/c1-19-9-13-25(14-10-19)31(28,29)18-21-5-4-8-24(16-21)26(27)30-17-20-11-12-22-6-2-3-7-23(22)15-20/h2-16H,17-18H2,1H3. The van der Waals surface area contributed by atoms with Gasteiger partial charge in [-0.05, 0) is 59.2 Å². The highest BCUT2D eigenvalue weighted by Gasteiger charge is 2.17. The summed E-state index contributed by atoms with van der Waals surface area (Å²) in [6, 6.07) is 27.2. The van der Waals surface area contributed by atoms with Crippen molar-refractivity contribution in [3.63, 3.8) is 0 Å². The molecule has 0 spiro atoms. The molecule has 0 fully saturated rings. The van der Waals surface area contributed by atoms with Gasteiger partial charge < -0.3 is 4.74 Å². The molecule has 156 valence electrons. The van der Waals surface area contributed by atoms with Crippen molar-refractivity contribution in [3.8, 4) is 0 Å². The summed E-state index contributed by atoms with van der Waals surface area (Å²) >= 11 is 0. The van der Waals surface area contributed by atoms with Gasteiger partial charge in [0.05, 0.1) is 16.2 Å². The van der Waals surface area contributed by atoms with Crippen LogP contribution in [0.25, 0.3) is 10.8 Å². The molecule has 0 saturated heterocycles. The molecule has 4 nitrogen and oxygen atoms in total. The second-order valence-corrected chi connectivity index (χ2v) is 9.52. The lowest BCUT2D eigenvalue weighted by molar-refractivity contribution is 0.0472. The van der Waals surface area contributed by atoms with E-state index in [2.05, 4.69) is 0 Å². The Balaban J connectivity index is 1.45. The minimum Gasteiger partial charge on any atom is -0.457 e. The van der Waals surface area contributed by atoms with E-state index in [0.29, 0.717) is 11.1 Å². The Labute approximate surface area is 182 Å². The summed E-state index contributed by atoms with van der Waals surface area (Å²) in [5.74, 6) is -0.662. The van der Waals surface area contributed by atoms with E-state index in [-0.39, 0.29) is 17.3 Å². The first-order chi connectivity index (χ1) is 14.9. The predicted octanol–water partition coefficient (Wildman–Crippen LogP) is 5.48. The van der Waals surface area contributed by atoms with E-state index in [4.69, 9.17) is 4.74 Å². The van der Waals surface area contributed by atoms with Crippen LogP contribution in [0.2, 0.25) is 0 Å². The summed E-state index contributed by atoms with van der Waals surface area (Å²) in [5, 5.41) is 2.21. The maximum atomic E-state index is 12.7. The largest absolute Gasteiger partial charge is 0.457 e. The lowest BCUT2D eigenvalue weighted by Gasteiger charge is -2.09. The molecule has 4 aromatic rings. The van der Waals surface area contributed by atoms with Crippen molar-refractivity contribution in [3.05, 3.63) is 113 Å². The number of carbonyl (C=O) groups excluding carboxylic acids is 1. The molecule has 4 rings (SSSR count). The summed E-state index contributed by atoms with van der Waals surface area (Å²) in [6.07, 6.45) is 0. The quantitative estimate of drug-likeness (QED) is 0.380. The highest BCUT2D eigenvalue weighted by atomic mass is 32.2. The molecule has 0 radical (unpaired) electrons. The minimum atomic E-state index is -3.50. The van der Waals surface area contributed by atoms with E-state index in [1.165, 1.54) is 0 Å². The van der Waals surface area contributed by atoms with Gasteiger partial charge in [-0.2, -0.15) is 0 Å². The van der Waals surface area contributed by atoms with Crippen molar-refractivity contribution in [1.82, 2.24) is 0 Å². The van der Waals surface area contributed by atoms with Crippen LogP contribution in [0.5, 0.6) is 0 Å². The number of aryl methyl sites for hydroxylation is 1. The van der Waals surface area contributed by atoms with Gasteiger partial charge in [0.1, 0.15) is 6.61 Å². The Morgan fingerprint density at radius 1 is 0.774 bits per heavy atom. The monoisotopic (exact) mass is 430 g/mol. The molecule has 0 saturated carbocycles. The number of hydrogen-bond acceptors (Lipinski definition) is 4. The van der Waals surface area contributed by atoms with E-state index in [9.17, 15) is 13.2 Å². The van der Waals surface area contributed by atoms with Gasteiger partial charge in [0, 0.05) is 0 Å². The number of fused-ring (bicyclic) bond motifs is 1. The van der Waals surface area contributed by atoms with E-state index in [1.54, 1.807) is 48.5 Å². The average Bonchev–Trinajstić information content (AvgIpc) is 2.77. The van der Waals surface area contributed by atoms with Crippen molar-refractivity contribution in [2.75, 3.05) is 0 Å². The number of esters is 1. The van der Waals surface area contributed by atoms with E-state index < -0.39 is 15.8 Å².